The number of rotatable bonds is 5. The first-order valence-electron chi connectivity index (χ1n) is 7.77. The number of pyridine rings is 1. The summed E-state index contributed by atoms with van der Waals surface area (Å²) in [6, 6.07) is 4.04. The fraction of sp³-hybridized carbons (Fsp3) is 0.500. The maximum atomic E-state index is 12.5. The van der Waals surface area contributed by atoms with E-state index in [0.717, 1.165) is 17.2 Å². The fourth-order valence-corrected chi connectivity index (χ4v) is 2.99. The van der Waals surface area contributed by atoms with E-state index in [1.54, 1.807) is 19.5 Å². The van der Waals surface area contributed by atoms with Crippen LogP contribution >= 0.6 is 0 Å². The molecule has 2 aromatic heterocycles. The lowest BCUT2D eigenvalue weighted by atomic mass is 10.1. The van der Waals surface area contributed by atoms with Gasteiger partial charge in [-0.15, -0.1) is 10.2 Å². The second-order valence-corrected chi connectivity index (χ2v) is 5.82. The van der Waals surface area contributed by atoms with Gasteiger partial charge in [0.2, 0.25) is 5.91 Å². The SMILES string of the molecule is COCc1nnc2n1[C@@H](C)CN(C(=O)CCc1cccnc1)C2. The van der Waals surface area contributed by atoms with Gasteiger partial charge < -0.3 is 14.2 Å². The summed E-state index contributed by atoms with van der Waals surface area (Å²) in [6.07, 6.45) is 4.73. The fourth-order valence-electron chi connectivity index (χ4n) is 2.99. The van der Waals surface area contributed by atoms with Crippen molar-refractivity contribution in [2.75, 3.05) is 13.7 Å². The summed E-state index contributed by atoms with van der Waals surface area (Å²) in [6.45, 7) is 3.69. The molecule has 3 rings (SSSR count). The van der Waals surface area contributed by atoms with Crippen molar-refractivity contribution in [1.29, 1.82) is 0 Å². The first-order chi connectivity index (χ1) is 11.2. The number of amides is 1. The summed E-state index contributed by atoms with van der Waals surface area (Å²) >= 11 is 0. The third-order valence-corrected chi connectivity index (χ3v) is 4.07. The second-order valence-electron chi connectivity index (χ2n) is 5.82. The Morgan fingerprint density at radius 1 is 1.43 bits per heavy atom. The number of methoxy groups -OCH3 is 1. The monoisotopic (exact) mass is 315 g/mol. The van der Waals surface area contributed by atoms with Crippen molar-refractivity contribution < 1.29 is 9.53 Å². The number of hydrogen-bond donors (Lipinski definition) is 0. The summed E-state index contributed by atoms with van der Waals surface area (Å²) < 4.78 is 7.23. The number of carbonyl (C=O) groups excluding carboxylic acids is 1. The molecule has 0 fully saturated rings. The molecule has 1 aliphatic heterocycles. The Bertz CT molecular complexity index is 670. The van der Waals surface area contributed by atoms with Crippen LogP contribution in [0.15, 0.2) is 24.5 Å². The van der Waals surface area contributed by atoms with E-state index in [1.165, 1.54) is 0 Å². The molecule has 0 radical (unpaired) electrons. The van der Waals surface area contributed by atoms with Crippen molar-refractivity contribution in [2.45, 2.75) is 39.0 Å². The zero-order valence-electron chi connectivity index (χ0n) is 13.5. The third kappa shape index (κ3) is 3.39. The molecule has 2 aromatic rings. The van der Waals surface area contributed by atoms with Gasteiger partial charge in [0.1, 0.15) is 6.61 Å². The van der Waals surface area contributed by atoms with Gasteiger partial charge in [-0.1, -0.05) is 6.07 Å². The van der Waals surface area contributed by atoms with Gasteiger partial charge in [0.25, 0.3) is 0 Å². The predicted octanol–water partition coefficient (Wildman–Crippen LogP) is 1.36. The van der Waals surface area contributed by atoms with Crippen LogP contribution in [0.2, 0.25) is 0 Å². The van der Waals surface area contributed by atoms with E-state index < -0.39 is 0 Å². The van der Waals surface area contributed by atoms with Crippen molar-refractivity contribution in [3.8, 4) is 0 Å². The minimum atomic E-state index is 0.142. The first kappa shape index (κ1) is 15.6. The molecule has 7 heteroatoms. The van der Waals surface area contributed by atoms with Gasteiger partial charge in [0, 0.05) is 32.5 Å². The molecule has 122 valence electrons. The molecular formula is C16H21N5O2. The molecule has 0 unspecified atom stereocenters. The molecule has 3 heterocycles. The minimum Gasteiger partial charge on any atom is -0.377 e. The maximum Gasteiger partial charge on any atom is 0.223 e. The molecule has 0 saturated heterocycles. The molecule has 0 aliphatic carbocycles. The highest BCUT2D eigenvalue weighted by Crippen LogP contribution is 2.22. The smallest absolute Gasteiger partial charge is 0.223 e. The summed E-state index contributed by atoms with van der Waals surface area (Å²) in [5.41, 5.74) is 1.08. The Kier molecular flexibility index (Phi) is 4.66. The van der Waals surface area contributed by atoms with Crippen molar-refractivity contribution >= 4 is 5.91 Å². The topological polar surface area (TPSA) is 73.1 Å². The highest BCUT2D eigenvalue weighted by molar-refractivity contribution is 5.76. The minimum absolute atomic E-state index is 0.142. The molecule has 0 aromatic carbocycles. The second kappa shape index (κ2) is 6.87. The van der Waals surface area contributed by atoms with Gasteiger partial charge in [-0.25, -0.2) is 0 Å². The molecule has 0 bridgehead atoms. The molecular weight excluding hydrogens is 294 g/mol. The van der Waals surface area contributed by atoms with Crippen LogP contribution < -0.4 is 0 Å². The molecule has 23 heavy (non-hydrogen) atoms. The lowest BCUT2D eigenvalue weighted by Gasteiger charge is -2.32. The van der Waals surface area contributed by atoms with E-state index in [-0.39, 0.29) is 11.9 Å². The van der Waals surface area contributed by atoms with Crippen LogP contribution in [0.3, 0.4) is 0 Å². The van der Waals surface area contributed by atoms with Gasteiger partial charge in [-0.05, 0) is 25.0 Å². The van der Waals surface area contributed by atoms with Crippen LogP contribution in [-0.2, 0) is 29.1 Å². The number of ether oxygens (including phenoxy) is 1. The highest BCUT2D eigenvalue weighted by atomic mass is 16.5. The number of aryl methyl sites for hydroxylation is 1. The molecule has 1 atom stereocenters. The number of nitrogens with zero attached hydrogens (tertiary/aromatic N) is 5. The number of aromatic nitrogens is 4. The Balaban J connectivity index is 1.64. The van der Waals surface area contributed by atoms with Crippen molar-refractivity contribution in [3.05, 3.63) is 41.7 Å². The van der Waals surface area contributed by atoms with Gasteiger partial charge in [0.05, 0.1) is 12.6 Å². The van der Waals surface area contributed by atoms with Crippen LogP contribution in [0.1, 0.15) is 36.6 Å². The quantitative estimate of drug-likeness (QED) is 0.833. The molecule has 1 amide bonds. The van der Waals surface area contributed by atoms with Crippen molar-refractivity contribution in [1.82, 2.24) is 24.6 Å². The van der Waals surface area contributed by atoms with Crippen LogP contribution in [0.5, 0.6) is 0 Å². The average molecular weight is 315 g/mol. The van der Waals surface area contributed by atoms with Gasteiger partial charge >= 0.3 is 0 Å². The number of hydrogen-bond acceptors (Lipinski definition) is 5. The van der Waals surface area contributed by atoms with Crippen molar-refractivity contribution in [2.24, 2.45) is 0 Å². The van der Waals surface area contributed by atoms with E-state index >= 15 is 0 Å². The lowest BCUT2D eigenvalue weighted by Crippen LogP contribution is -2.40. The predicted molar refractivity (Wildman–Crippen MR) is 83.4 cm³/mol. The van der Waals surface area contributed by atoms with Gasteiger partial charge in [-0.2, -0.15) is 0 Å². The largest absolute Gasteiger partial charge is 0.377 e. The molecule has 7 nitrogen and oxygen atoms in total. The highest BCUT2D eigenvalue weighted by Gasteiger charge is 2.28. The summed E-state index contributed by atoms with van der Waals surface area (Å²) in [4.78, 5) is 18.4. The van der Waals surface area contributed by atoms with E-state index in [9.17, 15) is 4.79 Å². The Morgan fingerprint density at radius 2 is 2.30 bits per heavy atom. The number of carbonyl (C=O) groups is 1. The average Bonchev–Trinajstić information content (AvgIpc) is 2.97. The van der Waals surface area contributed by atoms with Gasteiger partial charge in [0.15, 0.2) is 11.6 Å². The van der Waals surface area contributed by atoms with Gasteiger partial charge in [-0.3, -0.25) is 9.78 Å². The first-order valence-corrected chi connectivity index (χ1v) is 7.77. The van der Waals surface area contributed by atoms with E-state index in [1.807, 2.05) is 17.0 Å². The lowest BCUT2D eigenvalue weighted by molar-refractivity contribution is -0.133. The Hall–Kier alpha value is -2.28. The summed E-state index contributed by atoms with van der Waals surface area (Å²) in [5.74, 6) is 1.78. The summed E-state index contributed by atoms with van der Waals surface area (Å²) in [7, 11) is 1.64. The van der Waals surface area contributed by atoms with E-state index in [2.05, 4.69) is 26.7 Å². The molecule has 0 N–H and O–H groups in total. The van der Waals surface area contributed by atoms with Crippen LogP contribution in [0, 0.1) is 0 Å². The number of fused-ring (bicyclic) bond motifs is 1. The van der Waals surface area contributed by atoms with Crippen molar-refractivity contribution in [3.63, 3.8) is 0 Å². The molecule has 0 spiro atoms. The zero-order chi connectivity index (χ0) is 16.2. The maximum absolute atomic E-state index is 12.5. The third-order valence-electron chi connectivity index (χ3n) is 4.07. The van der Waals surface area contributed by atoms with Crippen LogP contribution in [0.4, 0.5) is 0 Å². The molecule has 0 saturated carbocycles. The standard InChI is InChI=1S/C16H21N5O2/c1-12-9-20(10-14-18-19-15(11-23-2)21(12)14)16(22)6-5-13-4-3-7-17-8-13/h3-4,7-8,12H,5-6,9-11H2,1-2H3/t12-/m0/s1. The van der Waals surface area contributed by atoms with Crippen LogP contribution in [0.25, 0.3) is 0 Å². The Morgan fingerprint density at radius 3 is 3.04 bits per heavy atom. The summed E-state index contributed by atoms with van der Waals surface area (Å²) in [5, 5.41) is 8.37. The Labute approximate surface area is 135 Å². The van der Waals surface area contributed by atoms with Crippen LogP contribution in [-0.4, -0.2) is 44.2 Å². The molecule has 1 aliphatic rings. The zero-order valence-corrected chi connectivity index (χ0v) is 13.5. The normalized spacial score (nSPS) is 17.1. The van der Waals surface area contributed by atoms with E-state index in [4.69, 9.17) is 4.74 Å². The van der Waals surface area contributed by atoms with E-state index in [0.29, 0.717) is 32.5 Å².